The minimum absolute atomic E-state index is 0.460. The van der Waals surface area contributed by atoms with Crippen LogP contribution in [-0.4, -0.2) is 49.8 Å². The highest BCUT2D eigenvalue weighted by atomic mass is 16.5. The number of rotatable bonds is 4. The Morgan fingerprint density at radius 3 is 2.58 bits per heavy atom. The maximum atomic E-state index is 5.60. The Morgan fingerprint density at radius 1 is 1.05 bits per heavy atom. The van der Waals surface area contributed by atoms with Gasteiger partial charge in [-0.3, -0.25) is 4.90 Å². The van der Waals surface area contributed by atoms with E-state index in [9.17, 15) is 0 Å². The van der Waals surface area contributed by atoms with Crippen molar-refractivity contribution in [2.45, 2.75) is 76.5 Å². The van der Waals surface area contributed by atoms with Gasteiger partial charge in [0.25, 0.3) is 0 Å². The number of piperidine rings is 1. The fourth-order valence-electron chi connectivity index (χ4n) is 3.86. The van der Waals surface area contributed by atoms with Crippen LogP contribution in [0.1, 0.15) is 58.3 Å². The average Bonchev–Trinajstić information content (AvgIpc) is 2.42. The van der Waals surface area contributed by atoms with Crippen molar-refractivity contribution in [2.24, 2.45) is 0 Å². The van der Waals surface area contributed by atoms with E-state index in [1.165, 1.54) is 57.9 Å². The van der Waals surface area contributed by atoms with Gasteiger partial charge in [0.05, 0.1) is 6.10 Å². The van der Waals surface area contributed by atoms with Crippen LogP contribution in [0.15, 0.2) is 0 Å². The molecule has 0 aromatic carbocycles. The van der Waals surface area contributed by atoms with Gasteiger partial charge in [0.15, 0.2) is 0 Å². The van der Waals surface area contributed by atoms with E-state index in [2.05, 4.69) is 17.1 Å². The second-order valence-electron chi connectivity index (χ2n) is 6.22. The van der Waals surface area contributed by atoms with Crippen LogP contribution in [-0.2, 0) is 4.74 Å². The number of hydrogen-bond acceptors (Lipinski definition) is 3. The number of nitrogens with zero attached hydrogens (tertiary/aromatic N) is 1. The highest BCUT2D eigenvalue weighted by Gasteiger charge is 2.31. The summed E-state index contributed by atoms with van der Waals surface area (Å²) in [5.41, 5.74) is 0. The van der Waals surface area contributed by atoms with Gasteiger partial charge in [-0.15, -0.1) is 0 Å². The number of ether oxygens (including phenoxy) is 1. The molecule has 1 aliphatic heterocycles. The second kappa shape index (κ2) is 8.23. The van der Waals surface area contributed by atoms with Crippen molar-refractivity contribution in [1.29, 1.82) is 0 Å². The largest absolute Gasteiger partial charge is 0.380 e. The van der Waals surface area contributed by atoms with Crippen LogP contribution in [0.25, 0.3) is 0 Å². The molecule has 0 bridgehead atoms. The average molecular weight is 268 g/mol. The molecule has 0 aromatic heterocycles. The number of methoxy groups -OCH3 is 1. The molecule has 2 aliphatic rings. The third kappa shape index (κ3) is 4.44. The zero-order chi connectivity index (χ0) is 13.5. The van der Waals surface area contributed by atoms with Gasteiger partial charge in [-0.2, -0.15) is 0 Å². The van der Waals surface area contributed by atoms with Crippen LogP contribution < -0.4 is 5.32 Å². The van der Waals surface area contributed by atoms with Crippen molar-refractivity contribution in [1.82, 2.24) is 10.2 Å². The lowest BCUT2D eigenvalue weighted by molar-refractivity contribution is 0.00315. The number of nitrogens with one attached hydrogen (secondary N) is 1. The SMILES string of the molecule is CCNC1CCCCCCC1N1CCCC(OC)C1. The first-order valence-corrected chi connectivity index (χ1v) is 8.35. The Hall–Kier alpha value is -0.120. The number of hydrogen-bond donors (Lipinski definition) is 1. The van der Waals surface area contributed by atoms with E-state index in [0.717, 1.165) is 19.1 Å². The van der Waals surface area contributed by atoms with Crippen molar-refractivity contribution < 1.29 is 4.74 Å². The molecule has 1 heterocycles. The van der Waals surface area contributed by atoms with E-state index < -0.39 is 0 Å². The highest BCUT2D eigenvalue weighted by molar-refractivity contribution is 4.88. The molecule has 2 fully saturated rings. The molecular weight excluding hydrogens is 236 g/mol. The Kier molecular flexibility index (Phi) is 6.62. The smallest absolute Gasteiger partial charge is 0.0698 e. The van der Waals surface area contributed by atoms with Crippen LogP contribution in [0.3, 0.4) is 0 Å². The molecule has 3 nitrogen and oxygen atoms in total. The molecule has 0 amide bonds. The standard InChI is InChI=1S/C16H32N2O/c1-3-17-15-10-6-4-5-7-11-16(15)18-12-8-9-14(13-18)19-2/h14-17H,3-13H2,1-2H3. The molecule has 19 heavy (non-hydrogen) atoms. The van der Waals surface area contributed by atoms with E-state index in [1.807, 2.05) is 7.11 Å². The Morgan fingerprint density at radius 2 is 1.84 bits per heavy atom. The van der Waals surface area contributed by atoms with Crippen molar-refractivity contribution >= 4 is 0 Å². The number of likely N-dealkylation sites (tertiary alicyclic amines) is 1. The minimum Gasteiger partial charge on any atom is -0.380 e. The summed E-state index contributed by atoms with van der Waals surface area (Å²) in [5, 5.41) is 3.75. The molecule has 0 aromatic rings. The molecule has 112 valence electrons. The Bertz CT molecular complexity index is 247. The third-order valence-corrected chi connectivity index (χ3v) is 4.91. The summed E-state index contributed by atoms with van der Waals surface area (Å²) in [6.45, 7) is 5.75. The third-order valence-electron chi connectivity index (χ3n) is 4.91. The normalized spacial score (nSPS) is 34.7. The van der Waals surface area contributed by atoms with Crippen LogP contribution in [0.4, 0.5) is 0 Å². The quantitative estimate of drug-likeness (QED) is 0.848. The fraction of sp³-hybridized carbons (Fsp3) is 1.00. The van der Waals surface area contributed by atoms with Crippen molar-refractivity contribution in [3.05, 3.63) is 0 Å². The van der Waals surface area contributed by atoms with E-state index in [0.29, 0.717) is 12.1 Å². The van der Waals surface area contributed by atoms with E-state index >= 15 is 0 Å². The van der Waals surface area contributed by atoms with Crippen molar-refractivity contribution in [3.8, 4) is 0 Å². The molecule has 1 aliphatic carbocycles. The molecule has 3 heteroatoms. The van der Waals surface area contributed by atoms with Crippen LogP contribution in [0.2, 0.25) is 0 Å². The van der Waals surface area contributed by atoms with Crippen molar-refractivity contribution in [2.75, 3.05) is 26.7 Å². The predicted octanol–water partition coefficient (Wildman–Crippen LogP) is 2.80. The van der Waals surface area contributed by atoms with E-state index in [1.54, 1.807) is 0 Å². The molecule has 3 atom stereocenters. The molecule has 0 spiro atoms. The summed E-state index contributed by atoms with van der Waals surface area (Å²) in [4.78, 5) is 2.72. The zero-order valence-electron chi connectivity index (χ0n) is 12.9. The summed E-state index contributed by atoms with van der Waals surface area (Å²) in [6.07, 6.45) is 11.4. The first-order valence-electron chi connectivity index (χ1n) is 8.35. The Balaban J connectivity index is 1.98. The van der Waals surface area contributed by atoms with Gasteiger partial charge in [-0.1, -0.05) is 32.6 Å². The van der Waals surface area contributed by atoms with Gasteiger partial charge in [0.1, 0.15) is 0 Å². The maximum absolute atomic E-state index is 5.60. The lowest BCUT2D eigenvalue weighted by Crippen LogP contribution is -2.54. The molecular formula is C16H32N2O. The lowest BCUT2D eigenvalue weighted by Gasteiger charge is -2.42. The fourth-order valence-corrected chi connectivity index (χ4v) is 3.86. The highest BCUT2D eigenvalue weighted by Crippen LogP contribution is 2.25. The first kappa shape index (κ1) is 15.3. The summed E-state index contributed by atoms with van der Waals surface area (Å²) >= 11 is 0. The lowest BCUT2D eigenvalue weighted by atomic mass is 9.89. The maximum Gasteiger partial charge on any atom is 0.0698 e. The molecule has 1 N–H and O–H groups in total. The molecule has 1 saturated heterocycles. The van der Waals surface area contributed by atoms with Gasteiger partial charge in [0, 0.05) is 25.7 Å². The first-order chi connectivity index (χ1) is 9.35. The van der Waals surface area contributed by atoms with Gasteiger partial charge in [-0.05, 0) is 38.8 Å². The molecule has 3 unspecified atom stereocenters. The molecule has 2 rings (SSSR count). The van der Waals surface area contributed by atoms with Crippen LogP contribution in [0.5, 0.6) is 0 Å². The van der Waals surface area contributed by atoms with E-state index in [4.69, 9.17) is 4.74 Å². The van der Waals surface area contributed by atoms with Gasteiger partial charge < -0.3 is 10.1 Å². The monoisotopic (exact) mass is 268 g/mol. The van der Waals surface area contributed by atoms with Crippen molar-refractivity contribution in [3.63, 3.8) is 0 Å². The summed E-state index contributed by atoms with van der Waals surface area (Å²) in [7, 11) is 1.87. The second-order valence-corrected chi connectivity index (χ2v) is 6.22. The van der Waals surface area contributed by atoms with Crippen LogP contribution >= 0.6 is 0 Å². The zero-order valence-corrected chi connectivity index (χ0v) is 12.9. The predicted molar refractivity (Wildman–Crippen MR) is 80.6 cm³/mol. The number of likely N-dealkylation sites (N-methyl/N-ethyl adjacent to an activating group) is 1. The topological polar surface area (TPSA) is 24.5 Å². The van der Waals surface area contributed by atoms with Gasteiger partial charge in [0.2, 0.25) is 0 Å². The molecule has 1 saturated carbocycles. The summed E-state index contributed by atoms with van der Waals surface area (Å²) < 4.78 is 5.60. The van der Waals surface area contributed by atoms with Gasteiger partial charge in [-0.25, -0.2) is 0 Å². The minimum atomic E-state index is 0.460. The summed E-state index contributed by atoms with van der Waals surface area (Å²) in [5.74, 6) is 0. The van der Waals surface area contributed by atoms with Gasteiger partial charge >= 0.3 is 0 Å². The summed E-state index contributed by atoms with van der Waals surface area (Å²) in [6, 6.07) is 1.43. The molecule has 0 radical (unpaired) electrons. The Labute approximate surface area is 119 Å². The van der Waals surface area contributed by atoms with E-state index in [-0.39, 0.29) is 0 Å². The van der Waals surface area contributed by atoms with Crippen LogP contribution in [0, 0.1) is 0 Å².